The number of amides is 1. The fourth-order valence-corrected chi connectivity index (χ4v) is 5.06. The molecular weight excluding hydrogens is 480 g/mol. The number of nitrogens with one attached hydrogen (secondary N) is 1. The first-order valence-electron chi connectivity index (χ1n) is 12.3. The number of anilines is 1. The van der Waals surface area contributed by atoms with Crippen molar-refractivity contribution in [2.24, 2.45) is 0 Å². The number of aliphatic carboxylic acids is 1. The molecule has 1 aliphatic rings. The molecule has 2 heterocycles. The highest BCUT2D eigenvalue weighted by molar-refractivity contribution is 5.97. The normalized spacial score (nSPS) is 17.9. The number of carbonyl (C=O) groups excluding carboxylic acids is 1. The smallest absolute Gasteiger partial charge is 0.347 e. The predicted molar refractivity (Wildman–Crippen MR) is 144 cm³/mol. The fourth-order valence-electron chi connectivity index (χ4n) is 5.06. The molecule has 1 amide bonds. The summed E-state index contributed by atoms with van der Waals surface area (Å²) < 4.78 is 6.15. The molecular formula is C30H28N4O4. The highest BCUT2D eigenvalue weighted by Crippen LogP contribution is 2.42. The van der Waals surface area contributed by atoms with E-state index in [1.807, 2.05) is 78.9 Å². The van der Waals surface area contributed by atoms with Gasteiger partial charge in [-0.05, 0) is 48.7 Å². The second-order valence-corrected chi connectivity index (χ2v) is 9.35. The first-order valence-corrected chi connectivity index (χ1v) is 12.3. The lowest BCUT2D eigenvalue weighted by molar-refractivity contribution is -0.149. The van der Waals surface area contributed by atoms with Crippen molar-refractivity contribution in [3.8, 4) is 17.1 Å². The molecule has 2 atom stereocenters. The van der Waals surface area contributed by atoms with Gasteiger partial charge in [-0.2, -0.15) is 0 Å². The third-order valence-electron chi connectivity index (χ3n) is 6.81. The average molecular weight is 509 g/mol. The Bertz CT molecular complexity index is 1490. The first-order chi connectivity index (χ1) is 18.3. The van der Waals surface area contributed by atoms with Crippen molar-refractivity contribution in [1.29, 1.82) is 0 Å². The van der Waals surface area contributed by atoms with Gasteiger partial charge in [-0.25, -0.2) is 14.8 Å². The zero-order chi connectivity index (χ0) is 26.9. The molecule has 38 heavy (non-hydrogen) atoms. The van der Waals surface area contributed by atoms with Crippen LogP contribution in [-0.2, 0) is 15.1 Å². The largest absolute Gasteiger partial charge is 0.478 e. The third kappa shape index (κ3) is 4.50. The van der Waals surface area contributed by atoms with Gasteiger partial charge in [-0.1, -0.05) is 66.7 Å². The number of aromatic nitrogens is 2. The van der Waals surface area contributed by atoms with E-state index in [0.29, 0.717) is 28.2 Å². The van der Waals surface area contributed by atoms with Crippen molar-refractivity contribution in [2.45, 2.75) is 25.5 Å². The van der Waals surface area contributed by atoms with Gasteiger partial charge in [0.15, 0.2) is 0 Å². The number of ether oxygens (including phenoxy) is 1. The second-order valence-electron chi connectivity index (χ2n) is 9.35. The van der Waals surface area contributed by atoms with Crippen LogP contribution in [0.2, 0.25) is 0 Å². The Hall–Kier alpha value is -4.56. The second kappa shape index (κ2) is 10.1. The number of likely N-dealkylation sites (N-methyl/N-ethyl adjacent to an activating group) is 1. The zero-order valence-corrected chi connectivity index (χ0v) is 21.4. The van der Waals surface area contributed by atoms with E-state index in [1.54, 1.807) is 27.0 Å². The maximum atomic E-state index is 13.1. The van der Waals surface area contributed by atoms with Crippen LogP contribution in [-0.4, -0.2) is 46.6 Å². The van der Waals surface area contributed by atoms with Crippen LogP contribution in [0.3, 0.4) is 0 Å². The monoisotopic (exact) mass is 508 g/mol. The van der Waals surface area contributed by atoms with E-state index in [9.17, 15) is 14.7 Å². The number of rotatable bonds is 6. The number of para-hydroxylation sites is 1. The summed E-state index contributed by atoms with van der Waals surface area (Å²) in [6, 6.07) is 26.5. The number of carboxylic acids is 1. The van der Waals surface area contributed by atoms with Crippen molar-refractivity contribution >= 4 is 17.6 Å². The van der Waals surface area contributed by atoms with Crippen molar-refractivity contribution in [2.75, 3.05) is 18.5 Å². The predicted octanol–water partition coefficient (Wildman–Crippen LogP) is 4.10. The van der Waals surface area contributed by atoms with Gasteiger partial charge in [0.25, 0.3) is 0 Å². The minimum absolute atomic E-state index is 0.0447. The van der Waals surface area contributed by atoms with E-state index in [2.05, 4.69) is 15.3 Å². The van der Waals surface area contributed by atoms with Gasteiger partial charge in [0.1, 0.15) is 5.54 Å². The Balaban J connectivity index is 1.79. The minimum Gasteiger partial charge on any atom is -0.478 e. The van der Waals surface area contributed by atoms with Crippen molar-refractivity contribution < 1.29 is 19.4 Å². The van der Waals surface area contributed by atoms with E-state index in [-0.39, 0.29) is 18.5 Å². The van der Waals surface area contributed by atoms with Gasteiger partial charge in [0.2, 0.25) is 12.0 Å². The standard InChI is InChI=1S/C30H28N4O4/c1-19-16-20(2)33-29(32-19)38-27(28(36)37)30(23-13-9-12-22(17-23)21-10-5-4-6-11-21)24-14-7-8-15-25(24)34(3)26(35)18-31-30/h4-17,27,31H,18H2,1-3H3,(H,36,37)/t27-,30+/m1/s1. The number of fused-ring (bicyclic) bond motifs is 1. The molecule has 0 radical (unpaired) electrons. The van der Waals surface area contributed by atoms with Gasteiger partial charge in [-0.3, -0.25) is 10.1 Å². The molecule has 0 unspecified atom stereocenters. The van der Waals surface area contributed by atoms with Crippen LogP contribution < -0.4 is 15.0 Å². The van der Waals surface area contributed by atoms with Gasteiger partial charge in [-0.15, -0.1) is 0 Å². The summed E-state index contributed by atoms with van der Waals surface area (Å²) in [5, 5.41) is 14.0. The molecule has 0 saturated heterocycles. The first kappa shape index (κ1) is 25.1. The zero-order valence-electron chi connectivity index (χ0n) is 21.4. The average Bonchev–Trinajstić information content (AvgIpc) is 3.02. The molecule has 0 fully saturated rings. The number of hydrogen-bond acceptors (Lipinski definition) is 6. The minimum atomic E-state index is -1.52. The lowest BCUT2D eigenvalue weighted by Gasteiger charge is -2.39. The lowest BCUT2D eigenvalue weighted by Crippen LogP contribution is -2.58. The maximum Gasteiger partial charge on any atom is 0.347 e. The quantitative estimate of drug-likeness (QED) is 0.404. The Morgan fingerprint density at radius 3 is 2.32 bits per heavy atom. The molecule has 1 aromatic heterocycles. The van der Waals surface area contributed by atoms with Gasteiger partial charge < -0.3 is 14.7 Å². The summed E-state index contributed by atoms with van der Waals surface area (Å²) in [4.78, 5) is 36.4. The van der Waals surface area contributed by atoms with Gasteiger partial charge in [0, 0.05) is 29.7 Å². The highest BCUT2D eigenvalue weighted by Gasteiger charge is 2.52. The van der Waals surface area contributed by atoms with Gasteiger partial charge in [0.05, 0.1) is 6.54 Å². The summed E-state index contributed by atoms with van der Waals surface area (Å²) in [5.41, 5.74) is 3.53. The van der Waals surface area contributed by atoms with E-state index in [1.165, 1.54) is 4.90 Å². The molecule has 192 valence electrons. The molecule has 0 spiro atoms. The van der Waals surface area contributed by atoms with Crippen LogP contribution in [0.25, 0.3) is 11.1 Å². The summed E-state index contributed by atoms with van der Waals surface area (Å²) >= 11 is 0. The fraction of sp³-hybridized carbons (Fsp3) is 0.200. The molecule has 0 saturated carbocycles. The van der Waals surface area contributed by atoms with Crippen LogP contribution in [0.15, 0.2) is 84.9 Å². The number of hydrogen-bond donors (Lipinski definition) is 2. The molecule has 0 bridgehead atoms. The molecule has 8 heteroatoms. The number of carbonyl (C=O) groups is 2. The maximum absolute atomic E-state index is 13.1. The molecule has 3 aromatic carbocycles. The summed E-state index contributed by atoms with van der Waals surface area (Å²) in [6.45, 7) is 3.48. The summed E-state index contributed by atoms with van der Waals surface area (Å²) in [5.74, 6) is -1.43. The molecule has 1 aliphatic heterocycles. The van der Waals surface area contributed by atoms with Crippen LogP contribution in [0.1, 0.15) is 22.5 Å². The van der Waals surface area contributed by atoms with Crippen molar-refractivity contribution in [3.63, 3.8) is 0 Å². The van der Waals surface area contributed by atoms with Crippen LogP contribution in [0.4, 0.5) is 5.69 Å². The van der Waals surface area contributed by atoms with Crippen LogP contribution >= 0.6 is 0 Å². The summed E-state index contributed by atoms with van der Waals surface area (Å²) in [7, 11) is 1.68. The third-order valence-corrected chi connectivity index (χ3v) is 6.81. The number of aryl methyl sites for hydroxylation is 2. The number of benzene rings is 3. The molecule has 4 aromatic rings. The highest BCUT2D eigenvalue weighted by atomic mass is 16.5. The molecule has 5 rings (SSSR count). The Labute approximate surface area is 220 Å². The number of nitrogens with zero attached hydrogens (tertiary/aromatic N) is 3. The van der Waals surface area contributed by atoms with Gasteiger partial charge >= 0.3 is 12.0 Å². The molecule has 8 nitrogen and oxygen atoms in total. The van der Waals surface area contributed by atoms with Crippen LogP contribution in [0.5, 0.6) is 6.01 Å². The Kier molecular flexibility index (Phi) is 6.65. The molecule has 0 aliphatic carbocycles. The molecule has 2 N–H and O–H groups in total. The SMILES string of the molecule is Cc1cc(C)nc(O[C@H](C(=O)O)[C@@]2(c3cccc(-c4ccccc4)c3)NCC(=O)N(C)c3ccccc32)n1. The van der Waals surface area contributed by atoms with E-state index in [4.69, 9.17) is 4.74 Å². The lowest BCUT2D eigenvalue weighted by atomic mass is 9.76. The van der Waals surface area contributed by atoms with E-state index in [0.717, 1.165) is 11.1 Å². The van der Waals surface area contributed by atoms with Crippen LogP contribution in [0, 0.1) is 13.8 Å². The van der Waals surface area contributed by atoms with Crippen molar-refractivity contribution in [3.05, 3.63) is 107 Å². The van der Waals surface area contributed by atoms with Crippen molar-refractivity contribution in [1.82, 2.24) is 15.3 Å². The number of carboxylic acid groups (broad SMARTS) is 1. The Morgan fingerprint density at radius 2 is 1.61 bits per heavy atom. The van der Waals surface area contributed by atoms with E-state index < -0.39 is 17.6 Å². The topological polar surface area (TPSA) is 105 Å². The van der Waals surface area contributed by atoms with E-state index >= 15 is 0 Å². The summed E-state index contributed by atoms with van der Waals surface area (Å²) in [6.07, 6.45) is -1.52. The Morgan fingerprint density at radius 1 is 0.947 bits per heavy atom.